The van der Waals surface area contributed by atoms with E-state index < -0.39 is 0 Å². The molecule has 6 nitrogen and oxygen atoms in total. The lowest BCUT2D eigenvalue weighted by Crippen LogP contribution is -2.36. The van der Waals surface area contributed by atoms with E-state index in [2.05, 4.69) is 15.7 Å². The van der Waals surface area contributed by atoms with Crippen molar-refractivity contribution in [2.45, 2.75) is 32.2 Å². The third kappa shape index (κ3) is 4.56. The molecule has 0 saturated heterocycles. The van der Waals surface area contributed by atoms with Gasteiger partial charge in [0.05, 0.1) is 17.6 Å². The molecule has 0 bridgehead atoms. The first-order valence-electron chi connectivity index (χ1n) is 9.83. The number of fused-ring (bicyclic) bond motifs is 1. The minimum absolute atomic E-state index is 0.0313. The van der Waals surface area contributed by atoms with Crippen molar-refractivity contribution < 1.29 is 9.59 Å². The fourth-order valence-corrected chi connectivity index (χ4v) is 4.79. The van der Waals surface area contributed by atoms with Gasteiger partial charge in [-0.15, -0.1) is 11.3 Å². The van der Waals surface area contributed by atoms with Gasteiger partial charge < -0.3 is 10.6 Å². The molecule has 3 aromatic rings. The van der Waals surface area contributed by atoms with E-state index in [9.17, 15) is 9.59 Å². The molecule has 0 spiro atoms. The zero-order valence-electron chi connectivity index (χ0n) is 16.4. The van der Waals surface area contributed by atoms with Crippen LogP contribution in [0.15, 0.2) is 42.7 Å². The van der Waals surface area contributed by atoms with Crippen molar-refractivity contribution in [1.82, 2.24) is 20.4 Å². The predicted molar refractivity (Wildman–Crippen MR) is 114 cm³/mol. The van der Waals surface area contributed by atoms with Crippen molar-refractivity contribution in [1.29, 1.82) is 0 Å². The van der Waals surface area contributed by atoms with Crippen LogP contribution in [0.5, 0.6) is 0 Å². The molecule has 2 heterocycles. The largest absolute Gasteiger partial charge is 0.350 e. The molecule has 2 aromatic heterocycles. The molecule has 4 rings (SSSR count). The van der Waals surface area contributed by atoms with Gasteiger partial charge in [-0.1, -0.05) is 24.3 Å². The van der Waals surface area contributed by atoms with Gasteiger partial charge in [-0.25, -0.2) is 0 Å². The molecule has 1 aromatic carbocycles. The van der Waals surface area contributed by atoms with Crippen LogP contribution in [-0.2, 0) is 31.2 Å². The fraction of sp³-hybridized carbons (Fsp3) is 0.318. The molecule has 2 amide bonds. The quantitative estimate of drug-likeness (QED) is 0.658. The van der Waals surface area contributed by atoms with Gasteiger partial charge >= 0.3 is 0 Å². The number of hydrogen-bond acceptors (Lipinski definition) is 4. The number of carbonyl (C=O) groups excluding carboxylic acids is 2. The van der Waals surface area contributed by atoms with E-state index in [1.165, 1.54) is 23.3 Å². The Morgan fingerprint density at radius 2 is 2.00 bits per heavy atom. The second-order valence-corrected chi connectivity index (χ2v) is 8.42. The van der Waals surface area contributed by atoms with Crippen molar-refractivity contribution in [3.8, 4) is 11.1 Å². The summed E-state index contributed by atoms with van der Waals surface area (Å²) in [5.74, 6) is -0.379. The average molecular weight is 409 g/mol. The Hall–Kier alpha value is -2.93. The van der Waals surface area contributed by atoms with Crippen molar-refractivity contribution in [3.05, 3.63) is 63.6 Å². The molecule has 0 saturated carbocycles. The first kappa shape index (κ1) is 19.4. The lowest BCUT2D eigenvalue weighted by Gasteiger charge is -2.10. The number of aryl methyl sites for hydroxylation is 3. The zero-order valence-corrected chi connectivity index (χ0v) is 17.2. The number of amides is 2. The SMILES string of the molecule is Cn1cc(-c2ccccc2CNC(=O)CNC(=O)c2cc3c(s2)CCCC3)cn1. The molecule has 1 aliphatic carbocycles. The predicted octanol–water partition coefficient (Wildman–Crippen LogP) is 3.07. The average Bonchev–Trinajstić information content (AvgIpc) is 3.37. The standard InChI is InChI=1S/C22H24N4O2S/c1-26-14-17(12-25-26)18-8-4-2-7-16(18)11-23-21(27)13-24-22(28)20-10-15-6-3-5-9-19(15)29-20/h2,4,7-8,10,12,14H,3,5-6,9,11,13H2,1H3,(H,23,27)(H,24,28). The molecule has 29 heavy (non-hydrogen) atoms. The van der Waals surface area contributed by atoms with Gasteiger partial charge in [-0.3, -0.25) is 14.3 Å². The molecule has 2 N–H and O–H groups in total. The van der Waals surface area contributed by atoms with Crippen LogP contribution in [0.25, 0.3) is 11.1 Å². The summed E-state index contributed by atoms with van der Waals surface area (Å²) in [4.78, 5) is 26.7. The van der Waals surface area contributed by atoms with Crippen molar-refractivity contribution in [3.63, 3.8) is 0 Å². The fourth-order valence-electron chi connectivity index (χ4n) is 3.62. The Morgan fingerprint density at radius 1 is 1.17 bits per heavy atom. The third-order valence-corrected chi connectivity index (χ3v) is 6.38. The van der Waals surface area contributed by atoms with Crippen LogP contribution in [0, 0.1) is 0 Å². The van der Waals surface area contributed by atoms with Gasteiger partial charge in [0.2, 0.25) is 5.91 Å². The maximum absolute atomic E-state index is 12.4. The molecule has 1 aliphatic rings. The number of benzene rings is 1. The van der Waals surface area contributed by atoms with Crippen molar-refractivity contribution in [2.24, 2.45) is 7.05 Å². The van der Waals surface area contributed by atoms with E-state index in [1.54, 1.807) is 16.0 Å². The van der Waals surface area contributed by atoms with Crippen LogP contribution >= 0.6 is 11.3 Å². The molecule has 150 valence electrons. The number of hydrogen-bond donors (Lipinski definition) is 2. The number of carbonyl (C=O) groups is 2. The molecule has 0 radical (unpaired) electrons. The van der Waals surface area contributed by atoms with Crippen LogP contribution in [0.2, 0.25) is 0 Å². The van der Waals surface area contributed by atoms with Gasteiger partial charge in [-0.05, 0) is 48.4 Å². The molecule has 0 unspecified atom stereocenters. The number of rotatable bonds is 6. The smallest absolute Gasteiger partial charge is 0.261 e. The molecule has 7 heteroatoms. The third-order valence-electron chi connectivity index (χ3n) is 5.14. The molecular formula is C22H24N4O2S. The van der Waals surface area contributed by atoms with Crippen LogP contribution in [0.3, 0.4) is 0 Å². The lowest BCUT2D eigenvalue weighted by molar-refractivity contribution is -0.120. The van der Waals surface area contributed by atoms with Gasteiger partial charge in [-0.2, -0.15) is 5.10 Å². The van der Waals surface area contributed by atoms with E-state index in [4.69, 9.17) is 0 Å². The molecule has 0 atom stereocenters. The monoisotopic (exact) mass is 408 g/mol. The Labute approximate surface area is 173 Å². The number of thiophene rings is 1. The van der Waals surface area contributed by atoms with E-state index in [0.717, 1.165) is 29.5 Å². The Kier molecular flexibility index (Phi) is 5.76. The summed E-state index contributed by atoms with van der Waals surface area (Å²) in [7, 11) is 1.88. The number of aromatic nitrogens is 2. The first-order valence-corrected chi connectivity index (χ1v) is 10.6. The lowest BCUT2D eigenvalue weighted by atomic mass is 9.99. The highest BCUT2D eigenvalue weighted by Gasteiger charge is 2.17. The van der Waals surface area contributed by atoms with Crippen molar-refractivity contribution in [2.75, 3.05) is 6.54 Å². The summed E-state index contributed by atoms with van der Waals surface area (Å²) < 4.78 is 1.75. The van der Waals surface area contributed by atoms with Crippen LogP contribution in [0.4, 0.5) is 0 Å². The van der Waals surface area contributed by atoms with E-state index in [0.29, 0.717) is 11.4 Å². The summed E-state index contributed by atoms with van der Waals surface area (Å²) in [5, 5.41) is 9.85. The highest BCUT2D eigenvalue weighted by atomic mass is 32.1. The second-order valence-electron chi connectivity index (χ2n) is 7.29. The van der Waals surface area contributed by atoms with E-state index in [1.807, 2.05) is 49.8 Å². The minimum atomic E-state index is -0.208. The molecule has 0 fully saturated rings. The Balaban J connectivity index is 1.32. The highest BCUT2D eigenvalue weighted by Crippen LogP contribution is 2.29. The number of nitrogens with zero attached hydrogens (tertiary/aromatic N) is 2. The van der Waals surface area contributed by atoms with Crippen LogP contribution in [-0.4, -0.2) is 28.1 Å². The van der Waals surface area contributed by atoms with E-state index in [-0.39, 0.29) is 18.4 Å². The summed E-state index contributed by atoms with van der Waals surface area (Å²) >= 11 is 1.56. The zero-order chi connectivity index (χ0) is 20.2. The Bertz CT molecular complexity index is 1010. The second kappa shape index (κ2) is 8.61. The van der Waals surface area contributed by atoms with Gasteiger partial charge in [0, 0.05) is 30.2 Å². The minimum Gasteiger partial charge on any atom is -0.350 e. The molecule has 0 aliphatic heterocycles. The summed E-state index contributed by atoms with van der Waals surface area (Å²) in [5.41, 5.74) is 4.34. The van der Waals surface area contributed by atoms with Gasteiger partial charge in [0.15, 0.2) is 0 Å². The number of nitrogens with one attached hydrogen (secondary N) is 2. The highest BCUT2D eigenvalue weighted by molar-refractivity contribution is 7.14. The maximum Gasteiger partial charge on any atom is 0.261 e. The van der Waals surface area contributed by atoms with Gasteiger partial charge in [0.25, 0.3) is 5.91 Å². The first-order chi connectivity index (χ1) is 14.1. The van der Waals surface area contributed by atoms with Gasteiger partial charge in [0.1, 0.15) is 0 Å². The normalized spacial score (nSPS) is 13.0. The van der Waals surface area contributed by atoms with Crippen LogP contribution in [0.1, 0.15) is 38.5 Å². The Morgan fingerprint density at radius 3 is 2.79 bits per heavy atom. The maximum atomic E-state index is 12.4. The summed E-state index contributed by atoms with van der Waals surface area (Å²) in [6, 6.07) is 9.89. The van der Waals surface area contributed by atoms with Crippen molar-refractivity contribution >= 4 is 23.2 Å². The topological polar surface area (TPSA) is 76.0 Å². The molecular weight excluding hydrogens is 384 g/mol. The summed E-state index contributed by atoms with van der Waals surface area (Å²) in [6.45, 7) is 0.365. The van der Waals surface area contributed by atoms with Crippen LogP contribution < -0.4 is 10.6 Å². The summed E-state index contributed by atoms with van der Waals surface area (Å²) in [6.07, 6.45) is 8.24. The van der Waals surface area contributed by atoms with E-state index >= 15 is 0 Å².